The van der Waals surface area contributed by atoms with Crippen molar-refractivity contribution in [2.24, 2.45) is 0 Å². The summed E-state index contributed by atoms with van der Waals surface area (Å²) in [6, 6.07) is 12.0. The normalized spacial score (nSPS) is 17.1. The highest BCUT2D eigenvalue weighted by Crippen LogP contribution is 2.42. The van der Waals surface area contributed by atoms with Crippen molar-refractivity contribution in [2.75, 3.05) is 85.2 Å². The van der Waals surface area contributed by atoms with E-state index < -0.39 is 54.6 Å². The Bertz CT molecular complexity index is 2580. The van der Waals surface area contributed by atoms with E-state index in [1.165, 1.54) is 15.9 Å². The van der Waals surface area contributed by atoms with Crippen molar-refractivity contribution in [3.63, 3.8) is 0 Å². The molecule has 2 aromatic carbocycles. The van der Waals surface area contributed by atoms with Crippen molar-refractivity contribution in [2.45, 2.75) is 83.4 Å². The number of imide groups is 1. The Labute approximate surface area is 454 Å². The third kappa shape index (κ3) is 18.6. The molecule has 4 aliphatic rings. The van der Waals surface area contributed by atoms with E-state index in [1.54, 1.807) is 31.1 Å². The minimum absolute atomic E-state index is 0.0170. The van der Waals surface area contributed by atoms with Crippen LogP contribution in [0.5, 0.6) is 5.75 Å². The number of carboxylic acids is 1. The topological polar surface area (TPSA) is 249 Å². The first kappa shape index (κ1) is 64.3. The molecule has 1 aliphatic carbocycles. The second-order valence-electron chi connectivity index (χ2n) is 17.5. The number of carbonyl (C=O) groups is 6. The number of terminal acetylenes is 1. The molecule has 75 heavy (non-hydrogen) atoms. The molecular weight excluding hydrogens is 1080 g/mol. The van der Waals surface area contributed by atoms with Gasteiger partial charge in [0.25, 0.3) is 23.6 Å². The Morgan fingerprint density at radius 1 is 1.07 bits per heavy atom. The van der Waals surface area contributed by atoms with E-state index in [-0.39, 0.29) is 66.7 Å². The number of aliphatic carboxylic acids is 1. The first-order chi connectivity index (χ1) is 35.2. The number of aryl methyl sites for hydroxylation is 2. The number of hydrogen-bond acceptors (Lipinski definition) is 13. The number of nitrogens with one attached hydrogen (secondary N) is 1. The number of carboxylic acid groups (broad SMARTS) is 1. The number of halogens is 4. The Balaban J connectivity index is 0.000000269. The number of ether oxygens (including phenoxy) is 3. The van der Waals surface area contributed by atoms with E-state index in [9.17, 15) is 42.6 Å². The van der Waals surface area contributed by atoms with Gasteiger partial charge in [-0.25, -0.2) is 9.29 Å². The van der Waals surface area contributed by atoms with Crippen LogP contribution >= 0.6 is 42.4 Å². The molecule has 4 heterocycles. The standard InChI is InChI=1S/C19H15FN2O4.C14H20ClNO2.C11H13Cl2NO3.C3H8NO5P.C3H9S/c1-2-7-21-15-9-14(13(20)8-16(15)26-10-17(21)23)22-18(24)11-5-3-4-6-12(11)19(22)25;1-4-12-8-6-7-11(3)14(12)16(10-18-5-2)13(17)9-15;1-11(2)14(10(15)9(12)13)6-8(17-11)7-4-3-5-16-7;5-3(6)1-4-2-10(7,8)9;1-4(2)3/h1,8-9H,3-7,10H2;6-8H,4-5,9-10H2,1-3H3;3-5,8-9H,6H2,1-2H3;4H,1-2H2,(H,5,6)(H2,7,8,9);1-3H3/q;;;;+1/p-1. The van der Waals surface area contributed by atoms with Crippen LogP contribution in [0.15, 0.2) is 64.3 Å². The van der Waals surface area contributed by atoms with Gasteiger partial charge in [-0.1, -0.05) is 54.2 Å². The maximum Gasteiger partial charge on any atom is 0.317 e. The fourth-order valence-electron chi connectivity index (χ4n) is 7.75. The molecular formula is C50H64Cl3FN5O14PS. The van der Waals surface area contributed by atoms with Crippen LogP contribution < -0.4 is 29.6 Å². The second-order valence-corrected chi connectivity index (χ2v) is 22.9. The first-order valence-electron chi connectivity index (χ1n) is 23.3. The van der Waals surface area contributed by atoms with Crippen LogP contribution in [0.1, 0.15) is 76.4 Å². The molecule has 2 unspecified atom stereocenters. The molecule has 25 heteroatoms. The average molecular weight is 1150 g/mol. The van der Waals surface area contributed by atoms with Crippen LogP contribution in [-0.2, 0) is 60.1 Å². The molecule has 0 saturated carbocycles. The van der Waals surface area contributed by atoms with Crippen LogP contribution in [0, 0.1) is 25.1 Å². The second kappa shape index (κ2) is 30.1. The maximum atomic E-state index is 14.7. The van der Waals surface area contributed by atoms with Gasteiger partial charge in [-0.3, -0.25) is 43.9 Å². The van der Waals surface area contributed by atoms with Gasteiger partial charge in [-0.05, 0) is 100 Å². The summed E-state index contributed by atoms with van der Waals surface area (Å²) >= 11 is 16.9. The number of furan rings is 1. The number of nitrogens with zero attached hydrogens (tertiary/aromatic N) is 4. The Hall–Kier alpha value is -4.98. The van der Waals surface area contributed by atoms with Crippen LogP contribution in [0.3, 0.4) is 0 Å². The molecule has 0 spiro atoms. The van der Waals surface area contributed by atoms with Crippen LogP contribution in [-0.4, -0.2) is 131 Å². The number of para-hydroxylation sites is 1. The molecule has 0 bridgehead atoms. The van der Waals surface area contributed by atoms with Gasteiger partial charge in [0.15, 0.2) is 17.3 Å². The Morgan fingerprint density at radius 3 is 2.20 bits per heavy atom. The van der Waals surface area contributed by atoms with Gasteiger partial charge in [-0.15, -0.1) is 18.0 Å². The molecule has 7 rings (SSSR count). The third-order valence-corrected chi connectivity index (χ3v) is 12.2. The highest BCUT2D eigenvalue weighted by Gasteiger charge is 2.45. The Morgan fingerprint density at radius 2 is 1.69 bits per heavy atom. The van der Waals surface area contributed by atoms with Gasteiger partial charge in [-0.2, -0.15) is 0 Å². The number of fused-ring (bicyclic) bond motifs is 1. The van der Waals surface area contributed by atoms with Crippen molar-refractivity contribution < 1.29 is 71.2 Å². The van der Waals surface area contributed by atoms with Gasteiger partial charge < -0.3 is 43.0 Å². The number of benzene rings is 2. The summed E-state index contributed by atoms with van der Waals surface area (Å²) < 4.78 is 46.3. The molecule has 2 atom stereocenters. The lowest BCUT2D eigenvalue weighted by Gasteiger charge is -2.29. The number of alkyl halides is 3. The zero-order chi connectivity index (χ0) is 56.4. The SMILES string of the molecule is C#CCN1C(=O)COc2cc(F)c(N3C(=O)C4=C(CCCC4)C3=O)cc21.CC1(C)OC(c2ccco2)CN1C(=O)C(Cl)Cl.CCOCN(C(=O)CCl)c1c(C)cccc1CC.C[S+](C)C.O=C(O)CNCP(=O)([O-])O. The quantitative estimate of drug-likeness (QED) is 0.0393. The number of anilines is 3. The van der Waals surface area contributed by atoms with Crippen molar-refractivity contribution in [3.05, 3.63) is 82.6 Å². The smallest absolute Gasteiger partial charge is 0.317 e. The van der Waals surface area contributed by atoms with Gasteiger partial charge in [0.05, 0.1) is 68.0 Å². The lowest BCUT2D eigenvalue weighted by Crippen LogP contribution is -2.45. The van der Waals surface area contributed by atoms with E-state index in [1.807, 2.05) is 43.4 Å². The van der Waals surface area contributed by atoms with Crippen LogP contribution in [0.25, 0.3) is 0 Å². The summed E-state index contributed by atoms with van der Waals surface area (Å²) in [4.78, 5) is 93.2. The minimum Gasteiger partial charge on any atom is -0.778 e. The van der Waals surface area contributed by atoms with E-state index in [0.29, 0.717) is 53.8 Å². The van der Waals surface area contributed by atoms with Crippen molar-refractivity contribution >= 4 is 106 Å². The van der Waals surface area contributed by atoms with Crippen LogP contribution in [0.4, 0.5) is 21.5 Å². The van der Waals surface area contributed by atoms with Crippen LogP contribution in [0.2, 0.25) is 0 Å². The number of rotatable bonds is 14. The van der Waals surface area contributed by atoms with E-state index in [2.05, 4.69) is 31.6 Å². The van der Waals surface area contributed by atoms with Crippen molar-refractivity contribution in [1.29, 1.82) is 0 Å². The first-order valence-corrected chi connectivity index (χ1v) is 29.0. The molecule has 3 N–H and O–H groups in total. The number of carbonyl (C=O) groups excluding carboxylic acids is 5. The number of amides is 5. The highest BCUT2D eigenvalue weighted by molar-refractivity contribution is 7.94. The van der Waals surface area contributed by atoms with Gasteiger partial charge in [0, 0.05) is 23.8 Å². The zero-order valence-corrected chi connectivity index (χ0v) is 47.0. The summed E-state index contributed by atoms with van der Waals surface area (Å²) in [6.07, 6.45) is 16.0. The predicted molar refractivity (Wildman–Crippen MR) is 286 cm³/mol. The van der Waals surface area contributed by atoms with Gasteiger partial charge >= 0.3 is 5.97 Å². The molecule has 1 fully saturated rings. The van der Waals surface area contributed by atoms with Gasteiger partial charge in [0.1, 0.15) is 43.5 Å². The predicted octanol–water partition coefficient (Wildman–Crippen LogP) is 6.43. The summed E-state index contributed by atoms with van der Waals surface area (Å²) in [5, 5.41) is 9.97. The summed E-state index contributed by atoms with van der Waals surface area (Å²) in [6.45, 7) is 10.0. The molecule has 3 aromatic rings. The largest absolute Gasteiger partial charge is 0.778 e. The van der Waals surface area contributed by atoms with Crippen molar-refractivity contribution in [1.82, 2.24) is 10.2 Å². The summed E-state index contributed by atoms with van der Waals surface area (Å²) in [5.74, 6) is -0.600. The highest BCUT2D eigenvalue weighted by atomic mass is 35.5. The van der Waals surface area contributed by atoms with Crippen molar-refractivity contribution in [3.8, 4) is 18.1 Å². The monoisotopic (exact) mass is 1150 g/mol. The molecule has 19 nitrogen and oxygen atoms in total. The lowest BCUT2D eigenvalue weighted by atomic mass is 9.93. The number of hydrogen-bond donors (Lipinski definition) is 3. The van der Waals surface area contributed by atoms with Gasteiger partial charge in [0.2, 0.25) is 5.91 Å². The van der Waals surface area contributed by atoms with E-state index in [0.717, 1.165) is 47.0 Å². The summed E-state index contributed by atoms with van der Waals surface area (Å²) in [5.41, 5.74) is 3.38. The van der Waals surface area contributed by atoms with E-state index in [4.69, 9.17) is 69.9 Å². The molecule has 412 valence electrons. The minimum atomic E-state index is -4.35. The fourth-order valence-corrected chi connectivity index (χ4v) is 8.52. The molecule has 1 saturated heterocycles. The maximum absolute atomic E-state index is 14.7. The lowest BCUT2D eigenvalue weighted by molar-refractivity contribution is -0.193. The Kier molecular flexibility index (Phi) is 25.8. The molecule has 1 aromatic heterocycles. The third-order valence-electron chi connectivity index (χ3n) is 11.0. The molecule has 0 radical (unpaired) electrons. The van der Waals surface area contributed by atoms with E-state index >= 15 is 0 Å². The fraction of sp³-hybridized carbons (Fsp3) is 0.480. The average Bonchev–Trinajstić information content (AvgIpc) is 4.06. The summed E-state index contributed by atoms with van der Waals surface area (Å²) in [7, 11) is -3.71. The zero-order valence-electron chi connectivity index (χ0n) is 43.0. The molecule has 5 amide bonds. The molecule has 3 aliphatic heterocycles.